The quantitative estimate of drug-likeness (QED) is 0.933. The first kappa shape index (κ1) is 14.8. The van der Waals surface area contributed by atoms with E-state index in [0.717, 1.165) is 12.7 Å². The lowest BCUT2D eigenvalue weighted by Gasteiger charge is -2.07. The lowest BCUT2D eigenvalue weighted by molar-refractivity contribution is -0.117. The van der Waals surface area contributed by atoms with Crippen LogP contribution in [0.25, 0.3) is 5.69 Å². The number of hydrogen-bond acceptors (Lipinski definition) is 4. The number of sulfone groups is 1. The van der Waals surface area contributed by atoms with Gasteiger partial charge in [0.05, 0.1) is 28.7 Å². The van der Waals surface area contributed by atoms with Crippen LogP contribution in [0.3, 0.4) is 0 Å². The molecule has 1 aliphatic rings. The Morgan fingerprint density at radius 3 is 2.68 bits per heavy atom. The number of anilines is 1. The van der Waals surface area contributed by atoms with Crippen LogP contribution in [0.5, 0.6) is 0 Å². The maximum Gasteiger partial charge on any atom is 0.227 e. The normalized spacial score (nSPS) is 20.6. The molecule has 1 aliphatic carbocycles. The van der Waals surface area contributed by atoms with Crippen molar-refractivity contribution in [1.82, 2.24) is 9.78 Å². The zero-order valence-corrected chi connectivity index (χ0v) is 13.2. The molecule has 2 atom stereocenters. The first-order chi connectivity index (χ1) is 10.4. The van der Waals surface area contributed by atoms with Gasteiger partial charge in [0, 0.05) is 12.2 Å². The molecule has 1 fully saturated rings. The number of nitrogens with one attached hydrogen (secondary N) is 1. The standard InChI is InChI=1S/C15H17N3O3S/c1-10-7-12(10)15(19)17-11-8-16-18(9-11)13-5-3-4-6-14(13)22(2,20)21/h3-6,8-10,12H,7H2,1-2H3,(H,17,19)/t10-,12+/m0/s1. The van der Waals surface area contributed by atoms with Gasteiger partial charge in [-0.05, 0) is 24.5 Å². The van der Waals surface area contributed by atoms with Crippen LogP contribution < -0.4 is 5.32 Å². The molecule has 7 heteroatoms. The van der Waals surface area contributed by atoms with Gasteiger partial charge in [0.2, 0.25) is 5.91 Å². The van der Waals surface area contributed by atoms with Crippen LogP contribution in [0.2, 0.25) is 0 Å². The van der Waals surface area contributed by atoms with Gasteiger partial charge in [0.1, 0.15) is 0 Å². The lowest BCUT2D eigenvalue weighted by Crippen LogP contribution is -2.13. The number of carbonyl (C=O) groups excluding carboxylic acids is 1. The third kappa shape index (κ3) is 2.89. The number of carbonyl (C=O) groups is 1. The minimum absolute atomic E-state index is 0.0107. The van der Waals surface area contributed by atoms with E-state index in [-0.39, 0.29) is 16.7 Å². The van der Waals surface area contributed by atoms with Crippen LogP contribution in [0, 0.1) is 11.8 Å². The molecule has 0 aliphatic heterocycles. The molecule has 0 unspecified atom stereocenters. The monoisotopic (exact) mass is 319 g/mol. The molecule has 22 heavy (non-hydrogen) atoms. The summed E-state index contributed by atoms with van der Waals surface area (Å²) in [6.45, 7) is 2.04. The summed E-state index contributed by atoms with van der Waals surface area (Å²) in [6, 6.07) is 6.63. The van der Waals surface area contributed by atoms with E-state index in [2.05, 4.69) is 10.4 Å². The number of aromatic nitrogens is 2. The van der Waals surface area contributed by atoms with Crippen LogP contribution in [0.1, 0.15) is 13.3 Å². The van der Waals surface area contributed by atoms with Crippen molar-refractivity contribution in [2.75, 3.05) is 11.6 Å². The number of para-hydroxylation sites is 1. The molecule has 2 aromatic rings. The number of rotatable bonds is 4. The molecule has 1 aromatic heterocycles. The van der Waals surface area contributed by atoms with Crippen molar-refractivity contribution in [2.24, 2.45) is 11.8 Å². The van der Waals surface area contributed by atoms with E-state index < -0.39 is 9.84 Å². The third-order valence-electron chi connectivity index (χ3n) is 3.81. The second-order valence-electron chi connectivity index (χ2n) is 5.72. The molecule has 3 rings (SSSR count). The molecule has 116 valence electrons. The molecule has 0 saturated heterocycles. The summed E-state index contributed by atoms with van der Waals surface area (Å²) in [5.41, 5.74) is 1.03. The van der Waals surface area contributed by atoms with E-state index >= 15 is 0 Å². The van der Waals surface area contributed by atoms with Crippen molar-refractivity contribution >= 4 is 21.4 Å². The fraction of sp³-hybridized carbons (Fsp3) is 0.333. The van der Waals surface area contributed by atoms with Crippen LogP contribution in [-0.2, 0) is 14.6 Å². The van der Waals surface area contributed by atoms with E-state index in [4.69, 9.17) is 0 Å². The zero-order chi connectivity index (χ0) is 15.9. The molecule has 1 N–H and O–H groups in total. The maximum absolute atomic E-state index is 11.9. The lowest BCUT2D eigenvalue weighted by atomic mass is 10.3. The first-order valence-electron chi connectivity index (χ1n) is 7.01. The highest BCUT2D eigenvalue weighted by molar-refractivity contribution is 7.90. The molecule has 0 radical (unpaired) electrons. The summed E-state index contributed by atoms with van der Waals surface area (Å²) in [7, 11) is -3.35. The molecule has 1 aromatic carbocycles. The Morgan fingerprint density at radius 1 is 1.36 bits per heavy atom. The molecule has 0 bridgehead atoms. The molecular formula is C15H17N3O3S. The van der Waals surface area contributed by atoms with Gasteiger partial charge < -0.3 is 5.32 Å². The highest BCUT2D eigenvalue weighted by Gasteiger charge is 2.39. The molecule has 0 spiro atoms. The Labute approximate surface area is 129 Å². The minimum atomic E-state index is -3.35. The first-order valence-corrected chi connectivity index (χ1v) is 8.90. The Morgan fingerprint density at radius 2 is 2.05 bits per heavy atom. The predicted octanol–water partition coefficient (Wildman–Crippen LogP) is 1.87. The summed E-state index contributed by atoms with van der Waals surface area (Å²) in [5.74, 6) is 0.496. The third-order valence-corrected chi connectivity index (χ3v) is 4.95. The largest absolute Gasteiger partial charge is 0.323 e. The zero-order valence-electron chi connectivity index (χ0n) is 12.4. The van der Waals surface area contributed by atoms with Crippen molar-refractivity contribution in [1.29, 1.82) is 0 Å². The minimum Gasteiger partial charge on any atom is -0.323 e. The van der Waals surface area contributed by atoms with E-state index in [1.54, 1.807) is 24.4 Å². The van der Waals surface area contributed by atoms with E-state index in [1.807, 2.05) is 6.92 Å². The molecule has 1 saturated carbocycles. The number of benzene rings is 1. The SMILES string of the molecule is C[C@H]1C[C@H]1C(=O)Nc1cnn(-c2ccccc2S(C)(=O)=O)c1. The molecular weight excluding hydrogens is 302 g/mol. The highest BCUT2D eigenvalue weighted by Crippen LogP contribution is 2.38. The number of nitrogens with zero attached hydrogens (tertiary/aromatic N) is 2. The van der Waals surface area contributed by atoms with Gasteiger partial charge in [-0.1, -0.05) is 19.1 Å². The van der Waals surface area contributed by atoms with Gasteiger partial charge in [-0.3, -0.25) is 4.79 Å². The second kappa shape index (κ2) is 5.24. The van der Waals surface area contributed by atoms with E-state index in [9.17, 15) is 13.2 Å². The van der Waals surface area contributed by atoms with Crippen LogP contribution >= 0.6 is 0 Å². The van der Waals surface area contributed by atoms with Crippen molar-refractivity contribution in [3.05, 3.63) is 36.7 Å². The van der Waals surface area contributed by atoms with Gasteiger partial charge in [-0.25, -0.2) is 13.1 Å². The summed E-state index contributed by atoms with van der Waals surface area (Å²) >= 11 is 0. The Kier molecular flexibility index (Phi) is 3.52. The predicted molar refractivity (Wildman–Crippen MR) is 82.6 cm³/mol. The van der Waals surface area contributed by atoms with Crippen LogP contribution in [0.15, 0.2) is 41.6 Å². The molecule has 1 heterocycles. The summed E-state index contributed by atoms with van der Waals surface area (Å²) < 4.78 is 25.1. The number of hydrogen-bond donors (Lipinski definition) is 1. The van der Waals surface area contributed by atoms with Crippen molar-refractivity contribution in [3.8, 4) is 5.69 Å². The van der Waals surface area contributed by atoms with Crippen molar-refractivity contribution < 1.29 is 13.2 Å². The van der Waals surface area contributed by atoms with Crippen LogP contribution in [0.4, 0.5) is 5.69 Å². The number of amides is 1. The Bertz CT molecular complexity index is 826. The smallest absolute Gasteiger partial charge is 0.227 e. The Hall–Kier alpha value is -2.15. The van der Waals surface area contributed by atoms with Gasteiger partial charge in [0.15, 0.2) is 9.84 Å². The summed E-state index contributed by atoms with van der Waals surface area (Å²) in [5, 5.41) is 6.96. The summed E-state index contributed by atoms with van der Waals surface area (Å²) in [4.78, 5) is 12.1. The second-order valence-corrected chi connectivity index (χ2v) is 7.71. The fourth-order valence-corrected chi connectivity index (χ4v) is 3.27. The summed E-state index contributed by atoms with van der Waals surface area (Å²) in [6.07, 6.45) is 5.21. The van der Waals surface area contributed by atoms with E-state index in [0.29, 0.717) is 17.3 Å². The van der Waals surface area contributed by atoms with Gasteiger partial charge in [0.25, 0.3) is 0 Å². The van der Waals surface area contributed by atoms with Crippen molar-refractivity contribution in [2.45, 2.75) is 18.2 Å². The molecule has 1 amide bonds. The van der Waals surface area contributed by atoms with Gasteiger partial charge in [-0.15, -0.1) is 0 Å². The average Bonchev–Trinajstić information content (AvgIpc) is 3.01. The van der Waals surface area contributed by atoms with Crippen molar-refractivity contribution in [3.63, 3.8) is 0 Å². The fourth-order valence-electron chi connectivity index (χ4n) is 2.40. The van der Waals surface area contributed by atoms with Gasteiger partial charge >= 0.3 is 0 Å². The maximum atomic E-state index is 11.9. The van der Waals surface area contributed by atoms with E-state index in [1.165, 1.54) is 16.9 Å². The average molecular weight is 319 g/mol. The molecule has 6 nitrogen and oxygen atoms in total. The topological polar surface area (TPSA) is 81.1 Å². The van der Waals surface area contributed by atoms with Gasteiger partial charge in [-0.2, -0.15) is 5.10 Å². The van der Waals surface area contributed by atoms with Crippen LogP contribution in [-0.4, -0.2) is 30.4 Å². The Balaban J connectivity index is 1.87. The highest BCUT2D eigenvalue weighted by atomic mass is 32.2.